The fourth-order valence-corrected chi connectivity index (χ4v) is 4.34. The molecular weight excluding hydrogens is 318 g/mol. The van der Waals surface area contributed by atoms with E-state index in [1.54, 1.807) is 0 Å². The van der Waals surface area contributed by atoms with Crippen LogP contribution in [0.5, 0.6) is 0 Å². The molecule has 2 bridgehead atoms. The molecule has 1 aliphatic heterocycles. The summed E-state index contributed by atoms with van der Waals surface area (Å²) in [5.41, 5.74) is 0.177. The Labute approximate surface area is 137 Å². The molecule has 6 heteroatoms. The van der Waals surface area contributed by atoms with Crippen LogP contribution in [0.2, 0.25) is 5.02 Å². The molecule has 23 heavy (non-hydrogen) atoms. The second kappa shape index (κ2) is 4.93. The number of benzene rings is 1. The molecule has 0 unspecified atom stereocenters. The molecule has 2 amide bonds. The summed E-state index contributed by atoms with van der Waals surface area (Å²) >= 11 is 5.87. The van der Waals surface area contributed by atoms with E-state index in [0.29, 0.717) is 0 Å². The van der Waals surface area contributed by atoms with Gasteiger partial charge in [-0.05, 0) is 42.9 Å². The third-order valence-electron chi connectivity index (χ3n) is 5.20. The number of carbonyl (C=O) groups is 3. The molecule has 1 aromatic carbocycles. The maximum absolute atomic E-state index is 12.8. The number of hydrogen-bond donors (Lipinski definition) is 1. The first-order valence-corrected chi connectivity index (χ1v) is 7.96. The van der Waals surface area contributed by atoms with Crippen LogP contribution in [-0.4, -0.2) is 22.9 Å². The summed E-state index contributed by atoms with van der Waals surface area (Å²) in [4.78, 5) is 38.0. The molecule has 1 aromatic rings. The van der Waals surface area contributed by atoms with Crippen LogP contribution in [0.25, 0.3) is 0 Å². The zero-order chi connectivity index (χ0) is 16.3. The number of carbonyl (C=O) groups excluding carboxylic acids is 2. The molecule has 0 aromatic heterocycles. The number of hydrogen-bond acceptors (Lipinski definition) is 3. The van der Waals surface area contributed by atoms with Crippen molar-refractivity contribution in [3.63, 3.8) is 0 Å². The highest BCUT2D eigenvalue weighted by atomic mass is 35.5. The van der Waals surface area contributed by atoms with Crippen LogP contribution in [0.15, 0.2) is 30.4 Å². The van der Waals surface area contributed by atoms with Gasteiger partial charge in [0.05, 0.1) is 28.1 Å². The summed E-state index contributed by atoms with van der Waals surface area (Å²) in [6.45, 7) is 0. The third-order valence-corrected chi connectivity index (χ3v) is 5.53. The van der Waals surface area contributed by atoms with Crippen molar-refractivity contribution in [1.82, 2.24) is 0 Å². The van der Waals surface area contributed by atoms with Gasteiger partial charge in [-0.2, -0.15) is 0 Å². The van der Waals surface area contributed by atoms with Gasteiger partial charge in [-0.15, -0.1) is 0 Å². The molecule has 4 atom stereocenters. The Morgan fingerprint density at radius 2 is 1.65 bits per heavy atom. The lowest BCUT2D eigenvalue weighted by Crippen LogP contribution is -2.38. The topological polar surface area (TPSA) is 74.7 Å². The molecule has 0 radical (unpaired) electrons. The van der Waals surface area contributed by atoms with E-state index >= 15 is 0 Å². The molecule has 1 heterocycles. The van der Waals surface area contributed by atoms with E-state index in [9.17, 15) is 19.5 Å². The summed E-state index contributed by atoms with van der Waals surface area (Å²) in [6, 6.07) is 4.24. The number of halogens is 1. The van der Waals surface area contributed by atoms with Gasteiger partial charge in [-0.3, -0.25) is 9.59 Å². The highest BCUT2D eigenvalue weighted by Gasteiger charge is 2.56. The van der Waals surface area contributed by atoms with Gasteiger partial charge in [0.15, 0.2) is 0 Å². The van der Waals surface area contributed by atoms with Gasteiger partial charge in [-0.25, -0.2) is 9.69 Å². The number of rotatable bonds is 2. The number of nitrogens with zero attached hydrogens (tertiary/aromatic N) is 1. The fourth-order valence-electron chi connectivity index (χ4n) is 4.14. The molecule has 2 fully saturated rings. The number of aromatic carboxylic acids is 1. The maximum atomic E-state index is 12.8. The van der Waals surface area contributed by atoms with Crippen molar-refractivity contribution in [3.05, 3.63) is 40.9 Å². The molecule has 118 valence electrons. The Morgan fingerprint density at radius 1 is 1.09 bits per heavy atom. The number of carboxylic acid groups (broad SMARTS) is 1. The average molecular weight is 332 g/mol. The second-order valence-corrected chi connectivity index (χ2v) is 6.73. The molecule has 0 spiro atoms. The Kier molecular flexibility index (Phi) is 3.10. The van der Waals surface area contributed by atoms with Crippen molar-refractivity contribution >= 4 is 35.1 Å². The van der Waals surface area contributed by atoms with E-state index in [0.717, 1.165) is 17.7 Å². The van der Waals surface area contributed by atoms with Crippen LogP contribution >= 0.6 is 11.6 Å². The van der Waals surface area contributed by atoms with Crippen LogP contribution in [0.3, 0.4) is 0 Å². The molecule has 1 N–H and O–H groups in total. The zero-order valence-corrected chi connectivity index (χ0v) is 12.9. The number of anilines is 1. The first kappa shape index (κ1) is 14.5. The number of fused-ring (bicyclic) bond motifs is 1. The van der Waals surface area contributed by atoms with Crippen molar-refractivity contribution in [3.8, 4) is 0 Å². The lowest BCUT2D eigenvalue weighted by atomic mass is 9.63. The van der Waals surface area contributed by atoms with E-state index in [2.05, 4.69) is 12.2 Å². The van der Waals surface area contributed by atoms with Gasteiger partial charge in [-0.1, -0.05) is 23.8 Å². The van der Waals surface area contributed by atoms with Crippen LogP contribution in [0, 0.1) is 23.7 Å². The van der Waals surface area contributed by atoms with Gasteiger partial charge >= 0.3 is 5.97 Å². The first-order chi connectivity index (χ1) is 11.0. The Balaban J connectivity index is 1.76. The van der Waals surface area contributed by atoms with Crippen molar-refractivity contribution in [2.45, 2.75) is 12.8 Å². The van der Waals surface area contributed by atoms with Crippen LogP contribution in [0.1, 0.15) is 23.2 Å². The first-order valence-electron chi connectivity index (χ1n) is 7.58. The predicted molar refractivity (Wildman–Crippen MR) is 83.2 cm³/mol. The van der Waals surface area contributed by atoms with Gasteiger partial charge in [0.2, 0.25) is 11.8 Å². The minimum atomic E-state index is -1.19. The van der Waals surface area contributed by atoms with E-state index in [1.165, 1.54) is 18.2 Å². The quantitative estimate of drug-likeness (QED) is 0.668. The van der Waals surface area contributed by atoms with Crippen molar-refractivity contribution < 1.29 is 19.5 Å². The van der Waals surface area contributed by atoms with Crippen molar-refractivity contribution in [2.75, 3.05) is 4.90 Å². The van der Waals surface area contributed by atoms with E-state index < -0.39 is 5.97 Å². The minimum absolute atomic E-state index is 0.0829. The third kappa shape index (κ3) is 1.96. The molecule has 1 saturated heterocycles. The summed E-state index contributed by atoms with van der Waals surface area (Å²) in [5.74, 6) is -2.04. The van der Waals surface area contributed by atoms with Crippen LogP contribution in [0.4, 0.5) is 5.69 Å². The predicted octanol–water partition coefficient (Wildman–Crippen LogP) is 2.74. The van der Waals surface area contributed by atoms with Crippen molar-refractivity contribution in [2.24, 2.45) is 23.7 Å². The molecule has 4 aliphatic rings. The molecule has 3 aliphatic carbocycles. The van der Waals surface area contributed by atoms with Gasteiger partial charge < -0.3 is 5.11 Å². The number of amides is 2. The molecule has 5 nitrogen and oxygen atoms in total. The van der Waals surface area contributed by atoms with Crippen LogP contribution < -0.4 is 4.90 Å². The number of allylic oxidation sites excluding steroid dienone is 2. The Hall–Kier alpha value is -2.14. The number of imide groups is 1. The largest absolute Gasteiger partial charge is 0.478 e. The highest BCUT2D eigenvalue weighted by Crippen LogP contribution is 2.50. The summed E-state index contributed by atoms with van der Waals surface area (Å²) in [6.07, 6.45) is 5.95. The highest BCUT2D eigenvalue weighted by molar-refractivity contribution is 6.34. The Bertz CT molecular complexity index is 740. The normalized spacial score (nSPS) is 31.6. The van der Waals surface area contributed by atoms with Gasteiger partial charge in [0.25, 0.3) is 0 Å². The van der Waals surface area contributed by atoms with E-state index in [4.69, 9.17) is 11.6 Å². The standard InChI is InChI=1S/C17H14ClNO4/c18-12-6-5-10(7-11(12)17(22)23)19-15(20)13-8-1-2-9(4-3-8)14(13)16(19)21/h1-2,5-9,13-14H,3-4H2,(H,22,23)/t8-,9+,13-,14-/m0/s1. The second-order valence-electron chi connectivity index (χ2n) is 6.32. The zero-order valence-electron chi connectivity index (χ0n) is 12.1. The smallest absolute Gasteiger partial charge is 0.337 e. The Morgan fingerprint density at radius 3 is 2.13 bits per heavy atom. The van der Waals surface area contributed by atoms with Gasteiger partial charge in [0, 0.05) is 0 Å². The molecule has 5 rings (SSSR count). The van der Waals surface area contributed by atoms with E-state index in [1.807, 2.05) is 0 Å². The van der Waals surface area contributed by atoms with Gasteiger partial charge in [0.1, 0.15) is 0 Å². The van der Waals surface area contributed by atoms with E-state index in [-0.39, 0.29) is 51.8 Å². The summed E-state index contributed by atoms with van der Waals surface area (Å²) in [5, 5.41) is 9.27. The maximum Gasteiger partial charge on any atom is 0.337 e. The fraction of sp³-hybridized carbons (Fsp3) is 0.353. The lowest BCUT2D eigenvalue weighted by molar-refractivity contribution is -0.124. The number of carboxylic acids is 1. The van der Waals surface area contributed by atoms with Crippen LogP contribution in [-0.2, 0) is 9.59 Å². The van der Waals surface area contributed by atoms with Crippen molar-refractivity contribution in [1.29, 1.82) is 0 Å². The average Bonchev–Trinajstić information content (AvgIpc) is 2.83. The summed E-state index contributed by atoms with van der Waals surface area (Å²) < 4.78 is 0. The molecular formula is C17H14ClNO4. The monoisotopic (exact) mass is 331 g/mol. The SMILES string of the molecule is O=C(O)c1cc(N2C(=O)[C@@H]3[C@@H](C2=O)[C@H]2C=C[C@@H]3CC2)ccc1Cl. The lowest BCUT2D eigenvalue weighted by Gasteiger charge is -2.38. The minimum Gasteiger partial charge on any atom is -0.478 e. The summed E-state index contributed by atoms with van der Waals surface area (Å²) in [7, 11) is 0. The molecule has 1 saturated carbocycles.